The number of hydrogen-bond donors (Lipinski definition) is 0. The number of benzene rings is 9. The first-order valence-electron chi connectivity index (χ1n) is 21.2. The standard InChI is InChI=1S/C59H34N6/c1-37-30-39(36-61)14-25-47(37)44-21-29-57(64-54-10-6-4-8-48(54)51-32-43(19-27-56(51)64)41-17-22-45(62-2)23-18-41)53(33-44)50-26-24-46(63-3)34-59(50)65-55-11-7-5-9-49(55)52-31-42(20-28-58(52)65)40-15-12-38(35-60)13-16-40/h4-34H,1H3. The van der Waals surface area contributed by atoms with Gasteiger partial charge in [-0.15, -0.1) is 0 Å². The van der Waals surface area contributed by atoms with Gasteiger partial charge in [-0.3, -0.25) is 0 Å². The van der Waals surface area contributed by atoms with Crippen molar-refractivity contribution >= 4 is 55.0 Å². The lowest BCUT2D eigenvalue weighted by Gasteiger charge is -2.20. The first-order chi connectivity index (χ1) is 31.9. The van der Waals surface area contributed by atoms with Crippen LogP contribution in [0.15, 0.2) is 188 Å². The van der Waals surface area contributed by atoms with E-state index < -0.39 is 0 Å². The second kappa shape index (κ2) is 15.5. The first-order valence-corrected chi connectivity index (χ1v) is 21.2. The average Bonchev–Trinajstić information content (AvgIpc) is 3.88. The van der Waals surface area contributed by atoms with Gasteiger partial charge in [0.05, 0.1) is 64.2 Å². The fourth-order valence-corrected chi connectivity index (χ4v) is 9.46. The maximum absolute atomic E-state index is 9.74. The van der Waals surface area contributed by atoms with Crippen LogP contribution in [-0.2, 0) is 0 Å². The van der Waals surface area contributed by atoms with Crippen LogP contribution in [-0.4, -0.2) is 9.13 Å². The fourth-order valence-electron chi connectivity index (χ4n) is 9.46. The second-order valence-corrected chi connectivity index (χ2v) is 16.2. The Morgan fingerprint density at radius 1 is 0.385 bits per heavy atom. The Balaban J connectivity index is 1.20. The summed E-state index contributed by atoms with van der Waals surface area (Å²) in [6.07, 6.45) is 0. The van der Waals surface area contributed by atoms with Crippen LogP contribution in [0.2, 0.25) is 0 Å². The van der Waals surface area contributed by atoms with Crippen LogP contribution in [0.3, 0.4) is 0 Å². The molecule has 0 radical (unpaired) electrons. The summed E-state index contributed by atoms with van der Waals surface area (Å²) in [7, 11) is 0. The number of para-hydroxylation sites is 2. The van der Waals surface area contributed by atoms with Gasteiger partial charge >= 0.3 is 0 Å². The topological polar surface area (TPSA) is 66.2 Å². The van der Waals surface area contributed by atoms with Crippen LogP contribution in [0.5, 0.6) is 0 Å². The van der Waals surface area contributed by atoms with Crippen molar-refractivity contribution < 1.29 is 0 Å². The third-order valence-corrected chi connectivity index (χ3v) is 12.6. The smallest absolute Gasteiger partial charge is 0.189 e. The summed E-state index contributed by atoms with van der Waals surface area (Å²) < 4.78 is 4.64. The normalized spacial score (nSPS) is 11.1. The molecule has 6 nitrogen and oxygen atoms in total. The van der Waals surface area contributed by atoms with Gasteiger partial charge in [-0.1, -0.05) is 109 Å². The van der Waals surface area contributed by atoms with Crippen molar-refractivity contribution in [2.24, 2.45) is 0 Å². The quantitative estimate of drug-likeness (QED) is 0.157. The van der Waals surface area contributed by atoms with Crippen LogP contribution in [0.1, 0.15) is 16.7 Å². The highest BCUT2D eigenvalue weighted by atomic mass is 15.0. The van der Waals surface area contributed by atoms with E-state index in [4.69, 9.17) is 13.1 Å². The van der Waals surface area contributed by atoms with Crippen molar-refractivity contribution in [1.29, 1.82) is 10.5 Å². The van der Waals surface area contributed by atoms with E-state index in [0.29, 0.717) is 22.5 Å². The van der Waals surface area contributed by atoms with Gasteiger partial charge in [0.25, 0.3) is 0 Å². The van der Waals surface area contributed by atoms with Crippen LogP contribution in [0.25, 0.3) is 109 Å². The lowest BCUT2D eigenvalue weighted by molar-refractivity contribution is 1.16. The van der Waals surface area contributed by atoms with E-state index in [0.717, 1.165) is 105 Å². The van der Waals surface area contributed by atoms with Gasteiger partial charge in [0.1, 0.15) is 0 Å². The van der Waals surface area contributed by atoms with Crippen LogP contribution in [0, 0.1) is 42.7 Å². The summed E-state index contributed by atoms with van der Waals surface area (Å²) in [5, 5.41) is 23.6. The minimum absolute atomic E-state index is 0.526. The Bertz CT molecular complexity index is 3930. The molecule has 0 saturated carbocycles. The molecule has 0 aliphatic rings. The Morgan fingerprint density at radius 3 is 1.46 bits per heavy atom. The molecule has 65 heavy (non-hydrogen) atoms. The van der Waals surface area contributed by atoms with Gasteiger partial charge in [-0.2, -0.15) is 10.5 Å². The van der Waals surface area contributed by atoms with Gasteiger partial charge in [-0.25, -0.2) is 9.69 Å². The Hall–Kier alpha value is -9.46. The molecule has 0 spiro atoms. The minimum Gasteiger partial charge on any atom is -0.310 e. The summed E-state index contributed by atoms with van der Waals surface area (Å²) in [5.74, 6) is 0. The van der Waals surface area contributed by atoms with Gasteiger partial charge in [-0.05, 0) is 125 Å². The molecule has 0 aliphatic heterocycles. The molecule has 0 aliphatic carbocycles. The highest BCUT2D eigenvalue weighted by Gasteiger charge is 2.22. The Labute approximate surface area is 375 Å². The minimum atomic E-state index is 0.526. The highest BCUT2D eigenvalue weighted by Crippen LogP contribution is 2.44. The lowest BCUT2D eigenvalue weighted by atomic mass is 9.93. The number of rotatable bonds is 6. The Kier molecular flexibility index (Phi) is 9.15. The van der Waals surface area contributed by atoms with Crippen molar-refractivity contribution in [2.45, 2.75) is 6.92 Å². The molecule has 0 saturated heterocycles. The summed E-state index contributed by atoms with van der Waals surface area (Å²) in [4.78, 5) is 7.56. The molecule has 0 amide bonds. The zero-order valence-electron chi connectivity index (χ0n) is 35.1. The number of nitrogens with zero attached hydrogens (tertiary/aromatic N) is 6. The van der Waals surface area contributed by atoms with E-state index in [9.17, 15) is 10.5 Å². The molecule has 0 atom stereocenters. The highest BCUT2D eigenvalue weighted by molar-refractivity contribution is 6.13. The lowest BCUT2D eigenvalue weighted by Crippen LogP contribution is -2.02. The number of fused-ring (bicyclic) bond motifs is 6. The van der Waals surface area contributed by atoms with E-state index in [-0.39, 0.29) is 0 Å². The molecule has 11 rings (SSSR count). The van der Waals surface area contributed by atoms with Gasteiger partial charge in [0.15, 0.2) is 11.4 Å². The fraction of sp³-hybridized carbons (Fsp3) is 0.0169. The molecule has 0 unspecified atom stereocenters. The average molecular weight is 827 g/mol. The molecule has 9 aromatic carbocycles. The van der Waals surface area contributed by atoms with Crippen molar-refractivity contribution in [3.8, 4) is 68.0 Å². The maximum atomic E-state index is 9.74. The molecular weight excluding hydrogens is 793 g/mol. The zero-order valence-corrected chi connectivity index (χ0v) is 35.1. The van der Waals surface area contributed by atoms with Crippen LogP contribution in [0.4, 0.5) is 11.4 Å². The third kappa shape index (κ3) is 6.39. The molecule has 0 fully saturated rings. The number of hydrogen-bond acceptors (Lipinski definition) is 2. The monoisotopic (exact) mass is 826 g/mol. The van der Waals surface area contributed by atoms with Gasteiger partial charge in [0.2, 0.25) is 0 Å². The molecular formula is C59H34N6. The van der Waals surface area contributed by atoms with E-state index in [1.165, 1.54) is 0 Å². The molecule has 6 heteroatoms. The van der Waals surface area contributed by atoms with E-state index in [2.05, 4.69) is 140 Å². The maximum Gasteiger partial charge on any atom is 0.189 e. The van der Waals surface area contributed by atoms with Crippen molar-refractivity contribution in [2.75, 3.05) is 0 Å². The predicted octanol–water partition coefficient (Wildman–Crippen LogP) is 15.7. The SMILES string of the molecule is [C-]#[N+]c1ccc(-c2ccc3c(c2)c2ccccc2n3-c2ccc(-c3ccc(C#N)cc3C)cc2-c2ccc([N+]#[C-])cc2-n2c3ccccc3c3cc(-c4ccc(C#N)cc4)ccc32)cc1. The second-order valence-electron chi connectivity index (χ2n) is 16.2. The summed E-state index contributed by atoms with van der Waals surface area (Å²) >= 11 is 0. The van der Waals surface area contributed by atoms with Crippen LogP contribution >= 0.6 is 0 Å². The molecule has 300 valence electrons. The number of nitriles is 2. The Morgan fingerprint density at radius 2 is 0.877 bits per heavy atom. The summed E-state index contributed by atoms with van der Waals surface area (Å²) in [5.41, 5.74) is 17.4. The van der Waals surface area contributed by atoms with Gasteiger partial charge in [0, 0.05) is 38.4 Å². The van der Waals surface area contributed by atoms with E-state index in [1.54, 1.807) is 0 Å². The third-order valence-electron chi connectivity index (χ3n) is 12.6. The number of aryl methyl sites for hydroxylation is 1. The van der Waals surface area contributed by atoms with E-state index in [1.807, 2.05) is 85.8 Å². The van der Waals surface area contributed by atoms with Crippen molar-refractivity contribution in [3.63, 3.8) is 0 Å². The molecule has 2 aromatic heterocycles. The molecule has 0 N–H and O–H groups in total. The molecule has 11 aromatic rings. The first kappa shape index (κ1) is 38.5. The molecule has 2 heterocycles. The van der Waals surface area contributed by atoms with Crippen LogP contribution < -0.4 is 0 Å². The largest absolute Gasteiger partial charge is 0.310 e. The van der Waals surface area contributed by atoms with Crippen molar-refractivity contribution in [1.82, 2.24) is 9.13 Å². The van der Waals surface area contributed by atoms with E-state index >= 15 is 0 Å². The predicted molar refractivity (Wildman–Crippen MR) is 264 cm³/mol. The zero-order chi connectivity index (χ0) is 44.2. The molecule has 0 bridgehead atoms. The number of aromatic nitrogens is 2. The van der Waals surface area contributed by atoms with Gasteiger partial charge < -0.3 is 9.13 Å². The summed E-state index contributed by atoms with van der Waals surface area (Å²) in [6.45, 7) is 17.7. The summed E-state index contributed by atoms with van der Waals surface area (Å²) in [6, 6.07) is 68.4. The van der Waals surface area contributed by atoms with Crippen molar-refractivity contribution in [3.05, 3.63) is 228 Å².